The maximum atomic E-state index is 12.5. The van der Waals surface area contributed by atoms with Gasteiger partial charge in [-0.1, -0.05) is 34.6 Å². The van der Waals surface area contributed by atoms with E-state index in [-0.39, 0.29) is 11.5 Å². The number of carbonyl (C=O) groups excluding carboxylic acids is 1. The van der Waals surface area contributed by atoms with Gasteiger partial charge in [-0.3, -0.25) is 4.79 Å². The molecule has 116 valence electrons. The highest BCUT2D eigenvalue weighted by atomic mass is 16.2. The van der Waals surface area contributed by atoms with Crippen molar-refractivity contribution in [3.8, 4) is 0 Å². The summed E-state index contributed by atoms with van der Waals surface area (Å²) < 4.78 is 0. The Morgan fingerprint density at radius 3 is 2.05 bits per heavy atom. The van der Waals surface area contributed by atoms with Gasteiger partial charge in [-0.15, -0.1) is 0 Å². The van der Waals surface area contributed by atoms with Crippen LogP contribution in [0.3, 0.4) is 0 Å². The van der Waals surface area contributed by atoms with Gasteiger partial charge < -0.3 is 10.6 Å². The Hall–Kier alpha value is -0.570. The van der Waals surface area contributed by atoms with Crippen LogP contribution in [0.5, 0.6) is 0 Å². The molecule has 3 heteroatoms. The Morgan fingerprint density at radius 1 is 1.15 bits per heavy atom. The summed E-state index contributed by atoms with van der Waals surface area (Å²) in [6.45, 7) is 12.8. The summed E-state index contributed by atoms with van der Waals surface area (Å²) in [5, 5.41) is 0. The summed E-state index contributed by atoms with van der Waals surface area (Å²) in [6, 6.07) is 0. The number of hydrogen-bond acceptors (Lipinski definition) is 2. The lowest BCUT2D eigenvalue weighted by atomic mass is 9.69. The highest BCUT2D eigenvalue weighted by molar-refractivity contribution is 5.80. The number of rotatable bonds is 2. The van der Waals surface area contributed by atoms with Crippen LogP contribution in [0.2, 0.25) is 0 Å². The summed E-state index contributed by atoms with van der Waals surface area (Å²) in [4.78, 5) is 14.5. The summed E-state index contributed by atoms with van der Waals surface area (Å²) in [7, 11) is 0. The number of amides is 1. The predicted octanol–water partition coefficient (Wildman–Crippen LogP) is 3.03. The summed E-state index contributed by atoms with van der Waals surface area (Å²) in [5.74, 6) is 1.83. The molecule has 3 nitrogen and oxygen atoms in total. The summed E-state index contributed by atoms with van der Waals surface area (Å²) in [6.07, 6.45) is 4.53. The van der Waals surface area contributed by atoms with Crippen LogP contribution in [0.4, 0.5) is 0 Å². The van der Waals surface area contributed by atoms with Gasteiger partial charge in [0.2, 0.25) is 5.91 Å². The fourth-order valence-electron chi connectivity index (χ4n) is 3.65. The summed E-state index contributed by atoms with van der Waals surface area (Å²) in [5.41, 5.74) is 6.53. The maximum absolute atomic E-state index is 12.5. The van der Waals surface area contributed by atoms with E-state index >= 15 is 0 Å². The van der Waals surface area contributed by atoms with Crippen LogP contribution in [-0.2, 0) is 4.79 Å². The van der Waals surface area contributed by atoms with Gasteiger partial charge in [0, 0.05) is 19.0 Å². The van der Waals surface area contributed by atoms with Crippen LogP contribution in [0.25, 0.3) is 0 Å². The number of likely N-dealkylation sites (tertiary alicyclic amines) is 1. The van der Waals surface area contributed by atoms with Crippen molar-refractivity contribution in [3.05, 3.63) is 0 Å². The predicted molar refractivity (Wildman–Crippen MR) is 83.2 cm³/mol. The van der Waals surface area contributed by atoms with Gasteiger partial charge in [-0.25, -0.2) is 0 Å². The molecule has 0 radical (unpaired) electrons. The molecule has 0 atom stereocenters. The van der Waals surface area contributed by atoms with Crippen molar-refractivity contribution in [1.82, 2.24) is 4.90 Å². The number of carbonyl (C=O) groups is 1. The molecular weight excluding hydrogens is 248 g/mol. The molecule has 1 aliphatic carbocycles. The first-order chi connectivity index (χ1) is 9.13. The van der Waals surface area contributed by atoms with Gasteiger partial charge in [0.05, 0.1) is 5.54 Å². The Morgan fingerprint density at radius 2 is 1.65 bits per heavy atom. The van der Waals surface area contributed by atoms with Crippen molar-refractivity contribution in [2.45, 2.75) is 65.8 Å². The zero-order valence-electron chi connectivity index (χ0n) is 13.9. The molecule has 0 unspecified atom stereocenters. The molecule has 1 heterocycles. The third-order valence-corrected chi connectivity index (χ3v) is 5.73. The van der Waals surface area contributed by atoms with Crippen LogP contribution in [0.15, 0.2) is 0 Å². The fraction of sp³-hybridized carbons (Fsp3) is 0.941. The third-order valence-electron chi connectivity index (χ3n) is 5.73. The summed E-state index contributed by atoms with van der Waals surface area (Å²) >= 11 is 0. The van der Waals surface area contributed by atoms with E-state index in [2.05, 4.69) is 34.6 Å². The molecule has 1 saturated heterocycles. The maximum Gasteiger partial charge on any atom is 0.225 e. The van der Waals surface area contributed by atoms with Crippen molar-refractivity contribution in [1.29, 1.82) is 0 Å². The zero-order chi connectivity index (χ0) is 15.1. The van der Waals surface area contributed by atoms with Crippen LogP contribution >= 0.6 is 0 Å². The lowest BCUT2D eigenvalue weighted by molar-refractivity contribution is -0.146. The van der Waals surface area contributed by atoms with Crippen LogP contribution in [0.1, 0.15) is 60.3 Å². The van der Waals surface area contributed by atoms with E-state index in [0.29, 0.717) is 17.2 Å². The van der Waals surface area contributed by atoms with Crippen LogP contribution < -0.4 is 5.73 Å². The Bertz CT molecular complexity index is 356. The minimum atomic E-state index is -0.141. The minimum Gasteiger partial charge on any atom is -0.339 e. The second-order valence-electron chi connectivity index (χ2n) is 8.50. The monoisotopic (exact) mass is 280 g/mol. The van der Waals surface area contributed by atoms with Crippen molar-refractivity contribution in [3.63, 3.8) is 0 Å². The first-order valence-electron chi connectivity index (χ1n) is 8.21. The largest absolute Gasteiger partial charge is 0.339 e. The molecule has 1 amide bonds. The molecule has 0 bridgehead atoms. The lowest BCUT2D eigenvalue weighted by Crippen LogP contribution is -2.71. The average molecular weight is 280 g/mol. The number of nitrogens with two attached hydrogens (primary N) is 1. The van der Waals surface area contributed by atoms with E-state index in [0.717, 1.165) is 31.8 Å². The first kappa shape index (κ1) is 15.8. The van der Waals surface area contributed by atoms with Crippen molar-refractivity contribution in [2.75, 3.05) is 13.1 Å². The quantitative estimate of drug-likeness (QED) is 0.845. The molecule has 0 aromatic heterocycles. The first-order valence-corrected chi connectivity index (χ1v) is 8.21. The lowest BCUT2D eigenvalue weighted by Gasteiger charge is -2.51. The van der Waals surface area contributed by atoms with Crippen molar-refractivity contribution < 1.29 is 4.79 Å². The van der Waals surface area contributed by atoms with Gasteiger partial charge in [-0.2, -0.15) is 0 Å². The van der Waals surface area contributed by atoms with Crippen molar-refractivity contribution in [2.24, 2.45) is 28.9 Å². The number of hydrogen-bond donors (Lipinski definition) is 1. The highest BCUT2D eigenvalue weighted by Crippen LogP contribution is 2.41. The molecule has 2 N–H and O–H groups in total. The normalized spacial score (nSPS) is 30.2. The van der Waals surface area contributed by atoms with E-state index in [1.807, 2.05) is 4.90 Å². The van der Waals surface area contributed by atoms with Gasteiger partial charge in [0.15, 0.2) is 0 Å². The van der Waals surface area contributed by atoms with E-state index in [1.54, 1.807) is 0 Å². The van der Waals surface area contributed by atoms with Crippen LogP contribution in [-0.4, -0.2) is 29.4 Å². The second kappa shape index (κ2) is 5.32. The van der Waals surface area contributed by atoms with E-state index in [1.165, 1.54) is 12.8 Å². The molecule has 2 fully saturated rings. The number of nitrogens with zero attached hydrogens (tertiary/aromatic N) is 1. The van der Waals surface area contributed by atoms with Gasteiger partial charge in [0.25, 0.3) is 0 Å². The molecule has 0 spiro atoms. The molecule has 1 aliphatic heterocycles. The van der Waals surface area contributed by atoms with Crippen molar-refractivity contribution >= 4 is 5.91 Å². The van der Waals surface area contributed by atoms with E-state index < -0.39 is 0 Å². The highest BCUT2D eigenvalue weighted by Gasteiger charge is 2.46. The Balaban J connectivity index is 1.82. The molecule has 0 aromatic carbocycles. The molecule has 0 aromatic rings. The average Bonchev–Trinajstić information content (AvgIpc) is 2.33. The molecule has 1 saturated carbocycles. The Labute approximate surface area is 124 Å². The third kappa shape index (κ3) is 3.03. The topological polar surface area (TPSA) is 46.3 Å². The zero-order valence-corrected chi connectivity index (χ0v) is 13.9. The second-order valence-corrected chi connectivity index (χ2v) is 8.50. The molecule has 20 heavy (non-hydrogen) atoms. The molecule has 2 aliphatic rings. The van der Waals surface area contributed by atoms with Gasteiger partial charge in [-0.05, 0) is 42.9 Å². The van der Waals surface area contributed by atoms with E-state index in [4.69, 9.17) is 5.73 Å². The standard InChI is InChI=1S/C17H32N2O/c1-12(2)17(18)10-19(11-17)15(20)13-6-8-14(9-7-13)16(3,4)5/h12-14H,6-11,18H2,1-5H3. The fourth-order valence-corrected chi connectivity index (χ4v) is 3.65. The molecule has 2 rings (SSSR count). The Kier molecular flexibility index (Phi) is 4.21. The van der Waals surface area contributed by atoms with Gasteiger partial charge >= 0.3 is 0 Å². The van der Waals surface area contributed by atoms with E-state index in [9.17, 15) is 4.79 Å². The van der Waals surface area contributed by atoms with Crippen LogP contribution in [0, 0.1) is 23.2 Å². The smallest absolute Gasteiger partial charge is 0.225 e. The molecular formula is C17H32N2O. The van der Waals surface area contributed by atoms with Gasteiger partial charge in [0.1, 0.15) is 0 Å². The minimum absolute atomic E-state index is 0.141. The SMILES string of the molecule is CC(C)C1(N)CN(C(=O)C2CCC(C(C)(C)C)CC2)C1.